The quantitative estimate of drug-likeness (QED) is 0.207. The van der Waals surface area contributed by atoms with E-state index in [1.807, 2.05) is 12.1 Å². The number of nitrogens with zero attached hydrogens (tertiary/aromatic N) is 3. The summed E-state index contributed by atoms with van der Waals surface area (Å²) in [5, 5.41) is 16.5. The first-order valence-electron chi connectivity index (χ1n) is 14.0. The number of benzene rings is 3. The Kier molecular flexibility index (Phi) is 8.42. The number of nitrogens with one attached hydrogen (secondary N) is 2. The van der Waals surface area contributed by atoms with E-state index < -0.39 is 17.8 Å². The molecule has 4 aromatic rings. The predicted octanol–water partition coefficient (Wildman–Crippen LogP) is 7.57. The monoisotopic (exact) mass is 555 g/mol. The van der Waals surface area contributed by atoms with Crippen LogP contribution < -0.4 is 15.5 Å². The number of aromatic carboxylic acids is 1. The number of halogens is 1. The molecule has 1 heterocycles. The molecule has 0 radical (unpaired) electrons. The van der Waals surface area contributed by atoms with Crippen LogP contribution >= 0.6 is 0 Å². The van der Waals surface area contributed by atoms with Crippen LogP contribution in [0, 0.1) is 11.7 Å². The standard InChI is InChI=1S/C32H34FN5O3/c1-20(2)18-38(25-6-4-3-5-7-25)30-13-8-21(27-16-23(33)9-11-26(27)31(39)40)15-29(30)37-32(41)36-24-10-12-28-22(14-24)17-34-19-35-28/h8-17,19-20,25H,3-7,18H2,1-2H3,(H,39,40)(H2,36,37,41). The Morgan fingerprint density at radius 1 is 1.02 bits per heavy atom. The van der Waals surface area contributed by atoms with Crippen LogP contribution in [-0.4, -0.2) is 39.7 Å². The molecule has 212 valence electrons. The van der Waals surface area contributed by atoms with Crippen LogP contribution in [0.5, 0.6) is 0 Å². The molecule has 0 saturated heterocycles. The second kappa shape index (κ2) is 12.3. The maximum absolute atomic E-state index is 14.3. The largest absolute Gasteiger partial charge is 0.478 e. The highest BCUT2D eigenvalue weighted by Gasteiger charge is 2.25. The van der Waals surface area contributed by atoms with Crippen molar-refractivity contribution in [2.45, 2.75) is 52.0 Å². The smallest absolute Gasteiger partial charge is 0.336 e. The number of carboxylic acids is 1. The maximum atomic E-state index is 14.3. The zero-order chi connectivity index (χ0) is 28.9. The molecule has 41 heavy (non-hydrogen) atoms. The zero-order valence-corrected chi connectivity index (χ0v) is 23.2. The van der Waals surface area contributed by atoms with Gasteiger partial charge in [0.1, 0.15) is 12.1 Å². The van der Waals surface area contributed by atoms with Crippen LogP contribution in [0.4, 0.5) is 26.2 Å². The first-order valence-corrected chi connectivity index (χ1v) is 14.0. The van der Waals surface area contributed by atoms with Crippen molar-refractivity contribution in [2.24, 2.45) is 5.92 Å². The minimum absolute atomic E-state index is 0.0146. The fourth-order valence-corrected chi connectivity index (χ4v) is 5.57. The zero-order valence-electron chi connectivity index (χ0n) is 23.2. The lowest BCUT2D eigenvalue weighted by Crippen LogP contribution is -2.40. The van der Waals surface area contributed by atoms with Crippen LogP contribution in [0.2, 0.25) is 0 Å². The molecule has 5 rings (SSSR count). The molecule has 2 amide bonds. The van der Waals surface area contributed by atoms with Crippen molar-refractivity contribution in [3.05, 3.63) is 78.5 Å². The summed E-state index contributed by atoms with van der Waals surface area (Å²) in [6.45, 7) is 5.13. The highest BCUT2D eigenvalue weighted by molar-refractivity contribution is 6.04. The molecule has 3 aromatic carbocycles. The second-order valence-corrected chi connectivity index (χ2v) is 10.9. The van der Waals surface area contributed by atoms with E-state index in [4.69, 9.17) is 0 Å². The Morgan fingerprint density at radius 3 is 2.59 bits per heavy atom. The topological polar surface area (TPSA) is 107 Å². The van der Waals surface area contributed by atoms with Crippen LogP contribution in [-0.2, 0) is 0 Å². The Bertz CT molecular complexity index is 1570. The summed E-state index contributed by atoms with van der Waals surface area (Å²) < 4.78 is 14.3. The molecule has 0 bridgehead atoms. The van der Waals surface area contributed by atoms with Crippen molar-refractivity contribution in [2.75, 3.05) is 22.1 Å². The number of carbonyl (C=O) groups excluding carboxylic acids is 1. The summed E-state index contributed by atoms with van der Waals surface area (Å²) >= 11 is 0. The normalized spacial score (nSPS) is 13.8. The van der Waals surface area contributed by atoms with Crippen molar-refractivity contribution in [1.29, 1.82) is 0 Å². The number of urea groups is 1. The molecule has 0 aliphatic heterocycles. The molecule has 0 spiro atoms. The molecule has 3 N–H and O–H groups in total. The Morgan fingerprint density at radius 2 is 1.83 bits per heavy atom. The van der Waals surface area contributed by atoms with Gasteiger partial charge in [0.2, 0.25) is 0 Å². The lowest BCUT2D eigenvalue weighted by atomic mass is 9.92. The third-order valence-electron chi connectivity index (χ3n) is 7.42. The molecule has 1 aliphatic carbocycles. The van der Waals surface area contributed by atoms with Crippen molar-refractivity contribution < 1.29 is 19.1 Å². The number of amides is 2. The summed E-state index contributed by atoms with van der Waals surface area (Å²) in [6.07, 6.45) is 8.79. The predicted molar refractivity (Wildman–Crippen MR) is 160 cm³/mol. The van der Waals surface area contributed by atoms with Gasteiger partial charge in [0, 0.05) is 29.9 Å². The average Bonchev–Trinajstić information content (AvgIpc) is 2.96. The van der Waals surface area contributed by atoms with Crippen LogP contribution in [0.25, 0.3) is 22.0 Å². The Labute approximate surface area is 238 Å². The summed E-state index contributed by atoms with van der Waals surface area (Å²) in [4.78, 5) is 35.9. The number of carboxylic acid groups (broad SMARTS) is 1. The summed E-state index contributed by atoms with van der Waals surface area (Å²) in [5.41, 5.74) is 3.45. The third kappa shape index (κ3) is 6.62. The minimum atomic E-state index is -1.15. The van der Waals surface area contributed by atoms with E-state index >= 15 is 0 Å². The molecule has 0 unspecified atom stereocenters. The van der Waals surface area contributed by atoms with Gasteiger partial charge in [0.25, 0.3) is 0 Å². The number of rotatable bonds is 8. The fourth-order valence-electron chi connectivity index (χ4n) is 5.57. The van der Waals surface area contributed by atoms with Crippen molar-refractivity contribution in [3.8, 4) is 11.1 Å². The van der Waals surface area contributed by atoms with Gasteiger partial charge in [-0.05, 0) is 78.4 Å². The van der Waals surface area contributed by atoms with Gasteiger partial charge in [-0.3, -0.25) is 0 Å². The second-order valence-electron chi connectivity index (χ2n) is 10.9. The molecule has 0 atom stereocenters. The highest BCUT2D eigenvalue weighted by atomic mass is 19.1. The molecule has 1 fully saturated rings. The minimum Gasteiger partial charge on any atom is -0.478 e. The summed E-state index contributed by atoms with van der Waals surface area (Å²) in [6, 6.07) is 14.3. The molecule has 1 aromatic heterocycles. The Balaban J connectivity index is 1.54. The average molecular weight is 556 g/mol. The van der Waals surface area contributed by atoms with Crippen molar-refractivity contribution in [3.63, 3.8) is 0 Å². The number of fused-ring (bicyclic) bond motifs is 1. The van der Waals surface area contributed by atoms with E-state index in [1.165, 1.54) is 24.9 Å². The third-order valence-corrected chi connectivity index (χ3v) is 7.42. The van der Waals surface area contributed by atoms with Gasteiger partial charge in [0.05, 0.1) is 22.5 Å². The van der Waals surface area contributed by atoms with Crippen LogP contribution in [0.3, 0.4) is 0 Å². The van der Waals surface area contributed by atoms with Gasteiger partial charge in [-0.25, -0.2) is 23.9 Å². The van der Waals surface area contributed by atoms with Gasteiger partial charge in [-0.1, -0.05) is 39.2 Å². The van der Waals surface area contributed by atoms with Crippen LogP contribution in [0.15, 0.2) is 67.1 Å². The van der Waals surface area contributed by atoms with E-state index in [2.05, 4.69) is 39.3 Å². The highest BCUT2D eigenvalue weighted by Crippen LogP contribution is 2.37. The number of anilines is 3. The first kappa shape index (κ1) is 28.0. The van der Waals surface area contributed by atoms with Gasteiger partial charge >= 0.3 is 12.0 Å². The van der Waals surface area contributed by atoms with Crippen LogP contribution in [0.1, 0.15) is 56.3 Å². The van der Waals surface area contributed by atoms with E-state index in [-0.39, 0.29) is 11.1 Å². The fraction of sp³-hybridized carbons (Fsp3) is 0.312. The van der Waals surface area contributed by atoms with Crippen molar-refractivity contribution >= 4 is 40.0 Å². The van der Waals surface area contributed by atoms with Crippen molar-refractivity contribution in [1.82, 2.24) is 9.97 Å². The van der Waals surface area contributed by atoms with Gasteiger partial charge in [-0.2, -0.15) is 0 Å². The van der Waals surface area contributed by atoms with E-state index in [0.29, 0.717) is 28.9 Å². The SMILES string of the molecule is CC(C)CN(c1ccc(-c2cc(F)ccc2C(=O)O)cc1NC(=O)Nc1ccc2ncncc2c1)C1CCCCC1. The maximum Gasteiger partial charge on any atom is 0.336 e. The molecule has 1 saturated carbocycles. The summed E-state index contributed by atoms with van der Waals surface area (Å²) in [7, 11) is 0. The van der Waals surface area contributed by atoms with Gasteiger partial charge in [-0.15, -0.1) is 0 Å². The van der Waals surface area contributed by atoms with Gasteiger partial charge < -0.3 is 20.6 Å². The van der Waals surface area contributed by atoms with Gasteiger partial charge in [0.15, 0.2) is 0 Å². The number of hydrogen-bond acceptors (Lipinski definition) is 5. The lowest BCUT2D eigenvalue weighted by molar-refractivity contribution is 0.0697. The molecular weight excluding hydrogens is 521 g/mol. The van der Waals surface area contributed by atoms with E-state index in [0.717, 1.165) is 54.9 Å². The first-order chi connectivity index (χ1) is 19.8. The van der Waals surface area contributed by atoms with E-state index in [1.54, 1.807) is 30.5 Å². The number of aromatic nitrogens is 2. The lowest BCUT2D eigenvalue weighted by Gasteiger charge is -2.38. The number of carbonyl (C=O) groups is 2. The molecule has 1 aliphatic rings. The Hall–Kier alpha value is -4.53. The number of hydrogen-bond donors (Lipinski definition) is 3. The summed E-state index contributed by atoms with van der Waals surface area (Å²) in [5.74, 6) is -1.31. The van der Waals surface area contributed by atoms with E-state index in [9.17, 15) is 19.1 Å². The molecule has 9 heteroatoms. The molecular formula is C32H34FN5O3. The molecule has 8 nitrogen and oxygen atoms in total.